The Hall–Kier alpha value is -1.60. The SMILES string of the molecule is CCCNC(CS(C)(=O)=O)c1ccc2[nH]c(=O)oc2c1. The Kier molecular flexibility index (Phi) is 4.29. The van der Waals surface area contributed by atoms with E-state index in [9.17, 15) is 13.2 Å². The molecule has 110 valence electrons. The van der Waals surface area contributed by atoms with E-state index in [1.165, 1.54) is 6.26 Å². The van der Waals surface area contributed by atoms with Crippen LogP contribution in [0.4, 0.5) is 0 Å². The van der Waals surface area contributed by atoms with Gasteiger partial charge in [-0.15, -0.1) is 0 Å². The third kappa shape index (κ3) is 3.71. The summed E-state index contributed by atoms with van der Waals surface area (Å²) in [6, 6.07) is 4.91. The predicted octanol–water partition coefficient (Wildman–Crippen LogP) is 1.21. The van der Waals surface area contributed by atoms with Crippen molar-refractivity contribution in [3.05, 3.63) is 34.3 Å². The molecule has 1 atom stereocenters. The second-order valence-electron chi connectivity index (χ2n) is 4.87. The van der Waals surface area contributed by atoms with Crippen molar-refractivity contribution < 1.29 is 12.8 Å². The van der Waals surface area contributed by atoms with Crippen molar-refractivity contribution >= 4 is 20.9 Å². The second kappa shape index (κ2) is 5.80. The summed E-state index contributed by atoms with van der Waals surface area (Å²) in [5.41, 5.74) is 1.83. The minimum Gasteiger partial charge on any atom is -0.408 e. The predicted molar refractivity (Wildman–Crippen MR) is 77.6 cm³/mol. The Bertz CT molecular complexity index is 745. The highest BCUT2D eigenvalue weighted by Crippen LogP contribution is 2.20. The summed E-state index contributed by atoms with van der Waals surface area (Å²) in [6.07, 6.45) is 2.12. The van der Waals surface area contributed by atoms with Gasteiger partial charge in [-0.25, -0.2) is 13.2 Å². The van der Waals surface area contributed by atoms with Crippen LogP contribution in [0.5, 0.6) is 0 Å². The molecule has 0 bridgehead atoms. The topological polar surface area (TPSA) is 92.2 Å². The zero-order valence-electron chi connectivity index (χ0n) is 11.5. The van der Waals surface area contributed by atoms with E-state index < -0.39 is 15.6 Å². The maximum atomic E-state index is 11.5. The minimum absolute atomic E-state index is 0.00710. The third-order valence-corrected chi connectivity index (χ3v) is 3.90. The number of H-pyrrole nitrogens is 1. The fourth-order valence-corrected chi connectivity index (χ4v) is 2.99. The number of rotatable bonds is 6. The first-order chi connectivity index (χ1) is 9.39. The first-order valence-electron chi connectivity index (χ1n) is 6.43. The smallest absolute Gasteiger partial charge is 0.408 e. The Labute approximate surface area is 117 Å². The molecule has 0 saturated carbocycles. The largest absolute Gasteiger partial charge is 0.417 e. The number of nitrogens with one attached hydrogen (secondary N) is 2. The fraction of sp³-hybridized carbons (Fsp3) is 0.462. The average Bonchev–Trinajstić information content (AvgIpc) is 2.72. The van der Waals surface area contributed by atoms with Crippen LogP contribution in [0.2, 0.25) is 0 Å². The Morgan fingerprint density at radius 3 is 2.80 bits per heavy atom. The van der Waals surface area contributed by atoms with Crippen molar-refractivity contribution in [2.24, 2.45) is 0 Å². The Balaban J connectivity index is 2.35. The standard InChI is InChI=1S/C13H18N2O4S/c1-3-6-14-11(8-20(2,17)18)9-4-5-10-12(7-9)19-13(16)15-10/h4-5,7,11,14H,3,6,8H2,1-2H3,(H,15,16). The molecule has 2 aromatic rings. The van der Waals surface area contributed by atoms with Gasteiger partial charge in [0.15, 0.2) is 5.58 Å². The summed E-state index contributed by atoms with van der Waals surface area (Å²) in [6.45, 7) is 2.73. The van der Waals surface area contributed by atoms with Crippen LogP contribution in [0.1, 0.15) is 24.9 Å². The number of aromatic nitrogens is 1. The highest BCUT2D eigenvalue weighted by atomic mass is 32.2. The number of hydrogen-bond acceptors (Lipinski definition) is 5. The van der Waals surface area contributed by atoms with Gasteiger partial charge >= 0.3 is 5.76 Å². The Morgan fingerprint density at radius 1 is 1.40 bits per heavy atom. The third-order valence-electron chi connectivity index (χ3n) is 2.96. The summed E-state index contributed by atoms with van der Waals surface area (Å²) in [4.78, 5) is 13.7. The molecule has 7 heteroatoms. The number of sulfone groups is 1. The second-order valence-corrected chi connectivity index (χ2v) is 7.05. The molecule has 0 saturated heterocycles. The lowest BCUT2D eigenvalue weighted by molar-refractivity contribution is 0.542. The van der Waals surface area contributed by atoms with Gasteiger partial charge in [0.2, 0.25) is 0 Å². The first kappa shape index (κ1) is 14.8. The molecule has 0 spiro atoms. The molecule has 1 aromatic carbocycles. The van der Waals surface area contributed by atoms with Gasteiger partial charge in [0, 0.05) is 12.3 Å². The number of oxazole rings is 1. The highest BCUT2D eigenvalue weighted by molar-refractivity contribution is 7.90. The van der Waals surface area contributed by atoms with Gasteiger partial charge in [-0.2, -0.15) is 0 Å². The molecule has 6 nitrogen and oxygen atoms in total. The zero-order valence-corrected chi connectivity index (χ0v) is 12.3. The van der Waals surface area contributed by atoms with Crippen LogP contribution in [0.15, 0.2) is 27.4 Å². The molecule has 0 aliphatic heterocycles. The number of hydrogen-bond donors (Lipinski definition) is 2. The van der Waals surface area contributed by atoms with Crippen molar-refractivity contribution in [3.8, 4) is 0 Å². The summed E-state index contributed by atoms with van der Waals surface area (Å²) in [7, 11) is -3.11. The van der Waals surface area contributed by atoms with E-state index in [0.29, 0.717) is 11.1 Å². The molecular formula is C13H18N2O4S. The summed E-state index contributed by atoms with van der Waals surface area (Å²) in [5.74, 6) is -0.508. The molecule has 0 amide bonds. The summed E-state index contributed by atoms with van der Waals surface area (Å²) >= 11 is 0. The lowest BCUT2D eigenvalue weighted by Gasteiger charge is -2.17. The summed E-state index contributed by atoms with van der Waals surface area (Å²) in [5, 5.41) is 3.20. The maximum absolute atomic E-state index is 11.5. The van der Waals surface area contributed by atoms with Crippen LogP contribution in [0, 0.1) is 0 Å². The lowest BCUT2D eigenvalue weighted by atomic mass is 10.1. The highest BCUT2D eigenvalue weighted by Gasteiger charge is 2.17. The molecule has 1 aromatic heterocycles. The molecule has 0 fully saturated rings. The molecule has 20 heavy (non-hydrogen) atoms. The van der Waals surface area contributed by atoms with Crippen molar-refractivity contribution in [1.29, 1.82) is 0 Å². The minimum atomic E-state index is -3.11. The molecule has 1 unspecified atom stereocenters. The van der Waals surface area contributed by atoms with Crippen LogP contribution in [0.25, 0.3) is 11.1 Å². The fourth-order valence-electron chi connectivity index (χ4n) is 2.07. The molecule has 2 rings (SSSR count). The first-order valence-corrected chi connectivity index (χ1v) is 8.49. The number of fused-ring (bicyclic) bond motifs is 1. The molecule has 0 aliphatic carbocycles. The van der Waals surface area contributed by atoms with E-state index in [1.807, 2.05) is 6.92 Å². The molecular weight excluding hydrogens is 280 g/mol. The summed E-state index contributed by atoms with van der Waals surface area (Å²) < 4.78 is 28.1. The normalized spacial score (nSPS) is 13.7. The Morgan fingerprint density at radius 2 is 2.15 bits per heavy atom. The maximum Gasteiger partial charge on any atom is 0.417 e. The molecule has 0 aliphatic rings. The van der Waals surface area contributed by atoms with Gasteiger partial charge in [0.1, 0.15) is 9.84 Å². The van der Waals surface area contributed by atoms with Crippen LogP contribution < -0.4 is 11.1 Å². The van der Waals surface area contributed by atoms with Crippen molar-refractivity contribution in [2.75, 3.05) is 18.6 Å². The van der Waals surface area contributed by atoms with Gasteiger partial charge in [0.05, 0.1) is 11.3 Å². The van der Waals surface area contributed by atoms with E-state index in [0.717, 1.165) is 18.5 Å². The molecule has 0 radical (unpaired) electrons. The van der Waals surface area contributed by atoms with E-state index in [1.54, 1.807) is 18.2 Å². The number of aromatic amines is 1. The van der Waals surface area contributed by atoms with Crippen LogP contribution in [0.3, 0.4) is 0 Å². The van der Waals surface area contributed by atoms with Gasteiger partial charge in [-0.05, 0) is 30.7 Å². The van der Waals surface area contributed by atoms with Crippen LogP contribution in [-0.2, 0) is 9.84 Å². The van der Waals surface area contributed by atoms with Crippen LogP contribution >= 0.6 is 0 Å². The average molecular weight is 298 g/mol. The molecule has 2 N–H and O–H groups in total. The van der Waals surface area contributed by atoms with E-state index >= 15 is 0 Å². The van der Waals surface area contributed by atoms with E-state index in [4.69, 9.17) is 4.42 Å². The monoisotopic (exact) mass is 298 g/mol. The lowest BCUT2D eigenvalue weighted by Crippen LogP contribution is -2.28. The van der Waals surface area contributed by atoms with Gasteiger partial charge in [-0.3, -0.25) is 4.98 Å². The quantitative estimate of drug-likeness (QED) is 0.836. The van der Waals surface area contributed by atoms with Gasteiger partial charge < -0.3 is 9.73 Å². The van der Waals surface area contributed by atoms with Crippen molar-refractivity contribution in [2.45, 2.75) is 19.4 Å². The van der Waals surface area contributed by atoms with Gasteiger partial charge in [-0.1, -0.05) is 13.0 Å². The van der Waals surface area contributed by atoms with Gasteiger partial charge in [0.25, 0.3) is 0 Å². The zero-order chi connectivity index (χ0) is 14.8. The molecule has 1 heterocycles. The number of benzene rings is 1. The van der Waals surface area contributed by atoms with Crippen molar-refractivity contribution in [3.63, 3.8) is 0 Å². The van der Waals surface area contributed by atoms with E-state index in [2.05, 4.69) is 10.3 Å². The van der Waals surface area contributed by atoms with E-state index in [-0.39, 0.29) is 11.8 Å². The van der Waals surface area contributed by atoms with Crippen molar-refractivity contribution in [1.82, 2.24) is 10.3 Å². The van der Waals surface area contributed by atoms with Crippen LogP contribution in [-0.4, -0.2) is 32.0 Å².